The zero-order chi connectivity index (χ0) is 18.1. The number of carbonyl (C=O) groups excluding carboxylic acids is 2. The second kappa shape index (κ2) is 10.5. The molecule has 2 rings (SSSR count). The fourth-order valence-electron chi connectivity index (χ4n) is 2.69. The molecule has 0 aromatic carbocycles. The predicted molar refractivity (Wildman–Crippen MR) is 98.6 cm³/mol. The summed E-state index contributed by atoms with van der Waals surface area (Å²) in [7, 11) is 3.47. The lowest BCUT2D eigenvalue weighted by Crippen LogP contribution is -2.51. The smallest absolute Gasteiger partial charge is 0.236 e. The Kier molecular flexibility index (Phi) is 8.33. The maximum Gasteiger partial charge on any atom is 0.236 e. The van der Waals surface area contributed by atoms with Crippen LogP contribution < -0.4 is 5.32 Å². The number of carbonyl (C=O) groups is 2. The van der Waals surface area contributed by atoms with E-state index in [0.717, 1.165) is 26.2 Å². The third-order valence-corrected chi connectivity index (χ3v) is 5.08. The van der Waals surface area contributed by atoms with Gasteiger partial charge in [0.05, 0.1) is 26.2 Å². The summed E-state index contributed by atoms with van der Waals surface area (Å²) < 4.78 is 4.92. The molecule has 8 heteroatoms. The minimum absolute atomic E-state index is 0.0252. The first kappa shape index (κ1) is 19.8. The molecular weight excluding hydrogens is 340 g/mol. The van der Waals surface area contributed by atoms with Gasteiger partial charge in [0, 0.05) is 51.8 Å². The maximum absolute atomic E-state index is 12.3. The van der Waals surface area contributed by atoms with Gasteiger partial charge >= 0.3 is 0 Å². The highest BCUT2D eigenvalue weighted by Crippen LogP contribution is 2.11. The Hall–Kier alpha value is -1.48. The third-order valence-electron chi connectivity index (χ3n) is 4.22. The fourth-order valence-corrected chi connectivity index (χ4v) is 3.45. The molecule has 0 atom stereocenters. The lowest BCUT2D eigenvalue weighted by Gasteiger charge is -2.34. The molecule has 1 N–H and O–H groups in total. The molecule has 0 saturated carbocycles. The molecule has 7 nitrogen and oxygen atoms in total. The van der Waals surface area contributed by atoms with E-state index in [1.165, 1.54) is 4.88 Å². The van der Waals surface area contributed by atoms with Crippen LogP contribution in [0.25, 0.3) is 0 Å². The quantitative estimate of drug-likeness (QED) is 0.626. The highest BCUT2D eigenvalue weighted by atomic mass is 32.1. The number of rotatable bonds is 9. The molecule has 0 radical (unpaired) electrons. The maximum atomic E-state index is 12.3. The van der Waals surface area contributed by atoms with E-state index in [9.17, 15) is 9.59 Å². The average Bonchev–Trinajstić information content (AvgIpc) is 3.10. The van der Waals surface area contributed by atoms with Gasteiger partial charge in [0.2, 0.25) is 11.8 Å². The van der Waals surface area contributed by atoms with Crippen LogP contribution in [0.5, 0.6) is 0 Å². The lowest BCUT2D eigenvalue weighted by molar-refractivity contribution is -0.132. The molecule has 0 spiro atoms. The average molecular weight is 369 g/mol. The molecule has 1 aromatic rings. The number of piperazine rings is 1. The summed E-state index contributed by atoms with van der Waals surface area (Å²) in [6, 6.07) is 4.05. The van der Waals surface area contributed by atoms with Crippen molar-refractivity contribution < 1.29 is 14.3 Å². The van der Waals surface area contributed by atoms with Gasteiger partial charge in [-0.3, -0.25) is 19.4 Å². The normalized spacial score (nSPS) is 15.9. The highest BCUT2D eigenvalue weighted by Gasteiger charge is 2.21. The number of thiophene rings is 1. The van der Waals surface area contributed by atoms with E-state index in [1.54, 1.807) is 23.3 Å². The number of ether oxygens (including phenoxy) is 1. The summed E-state index contributed by atoms with van der Waals surface area (Å²) in [6.45, 7) is 5.81. The van der Waals surface area contributed by atoms with Crippen molar-refractivity contribution in [2.24, 2.45) is 0 Å². The fraction of sp³-hybridized carbons (Fsp3) is 0.647. The van der Waals surface area contributed by atoms with E-state index >= 15 is 0 Å². The van der Waals surface area contributed by atoms with Gasteiger partial charge in [0.25, 0.3) is 0 Å². The summed E-state index contributed by atoms with van der Waals surface area (Å²) >= 11 is 1.67. The summed E-state index contributed by atoms with van der Waals surface area (Å²) in [4.78, 5) is 31.4. The number of nitrogens with one attached hydrogen (secondary N) is 1. The van der Waals surface area contributed by atoms with Crippen molar-refractivity contribution in [3.05, 3.63) is 22.4 Å². The first-order valence-corrected chi connectivity index (χ1v) is 9.43. The van der Waals surface area contributed by atoms with Crippen LogP contribution in [0.1, 0.15) is 4.88 Å². The Bertz CT molecular complexity index is 530. The Morgan fingerprint density at radius 1 is 1.24 bits per heavy atom. The van der Waals surface area contributed by atoms with Crippen LogP contribution >= 0.6 is 11.3 Å². The Morgan fingerprint density at radius 3 is 2.52 bits per heavy atom. The second-order valence-corrected chi connectivity index (χ2v) is 7.26. The van der Waals surface area contributed by atoms with E-state index in [4.69, 9.17) is 4.74 Å². The molecular formula is C17H28N4O3S. The van der Waals surface area contributed by atoms with E-state index < -0.39 is 0 Å². The molecule has 1 aliphatic heterocycles. The zero-order valence-corrected chi connectivity index (χ0v) is 15.9. The molecule has 2 amide bonds. The van der Waals surface area contributed by atoms with Crippen molar-refractivity contribution in [1.29, 1.82) is 0 Å². The number of hydrogen-bond donors (Lipinski definition) is 1. The molecule has 1 saturated heterocycles. The van der Waals surface area contributed by atoms with Crippen molar-refractivity contribution in [3.8, 4) is 0 Å². The highest BCUT2D eigenvalue weighted by molar-refractivity contribution is 7.09. The van der Waals surface area contributed by atoms with Crippen LogP contribution in [0.15, 0.2) is 17.5 Å². The number of amides is 2. The summed E-state index contributed by atoms with van der Waals surface area (Å²) in [6.07, 6.45) is 0. The summed E-state index contributed by atoms with van der Waals surface area (Å²) in [5.74, 6) is 0.163. The van der Waals surface area contributed by atoms with Gasteiger partial charge in [0.1, 0.15) is 0 Å². The van der Waals surface area contributed by atoms with Crippen LogP contribution in [0.2, 0.25) is 0 Å². The van der Waals surface area contributed by atoms with E-state index in [1.807, 2.05) is 24.6 Å². The van der Waals surface area contributed by atoms with Crippen LogP contribution in [-0.2, 0) is 20.9 Å². The predicted octanol–water partition coefficient (Wildman–Crippen LogP) is 0.0867. The molecule has 0 aliphatic carbocycles. The minimum Gasteiger partial charge on any atom is -0.383 e. The summed E-state index contributed by atoms with van der Waals surface area (Å²) in [5, 5.41) is 4.86. The molecule has 0 bridgehead atoms. The SMILES string of the molecule is COCCNC(=O)CN1CCN(CC(=O)N(C)Cc2cccs2)CC1. The van der Waals surface area contributed by atoms with Gasteiger partial charge in [-0.2, -0.15) is 0 Å². The second-order valence-electron chi connectivity index (χ2n) is 6.22. The Morgan fingerprint density at radius 2 is 1.92 bits per heavy atom. The zero-order valence-electron chi connectivity index (χ0n) is 15.1. The topological polar surface area (TPSA) is 65.1 Å². The van der Waals surface area contributed by atoms with Crippen molar-refractivity contribution in [1.82, 2.24) is 20.0 Å². The molecule has 0 unspecified atom stereocenters. The van der Waals surface area contributed by atoms with Crippen LogP contribution in [0, 0.1) is 0 Å². The molecule has 1 aromatic heterocycles. The number of hydrogen-bond acceptors (Lipinski definition) is 6. The number of nitrogens with zero attached hydrogens (tertiary/aromatic N) is 3. The minimum atomic E-state index is 0.0252. The van der Waals surface area contributed by atoms with Crippen LogP contribution in [0.3, 0.4) is 0 Å². The van der Waals surface area contributed by atoms with Crippen molar-refractivity contribution in [2.45, 2.75) is 6.54 Å². The van der Waals surface area contributed by atoms with Gasteiger partial charge in [0.15, 0.2) is 0 Å². The first-order chi connectivity index (χ1) is 12.1. The molecule has 1 fully saturated rings. The van der Waals surface area contributed by atoms with Crippen LogP contribution in [-0.4, -0.2) is 93.1 Å². The van der Waals surface area contributed by atoms with Gasteiger partial charge in [-0.05, 0) is 11.4 Å². The molecule has 140 valence electrons. The molecule has 25 heavy (non-hydrogen) atoms. The monoisotopic (exact) mass is 368 g/mol. The Labute approximate surface area is 153 Å². The molecule has 1 aliphatic rings. The third kappa shape index (κ3) is 7.11. The number of likely N-dealkylation sites (N-methyl/N-ethyl adjacent to an activating group) is 1. The van der Waals surface area contributed by atoms with E-state index in [-0.39, 0.29) is 11.8 Å². The van der Waals surface area contributed by atoms with Gasteiger partial charge in [-0.15, -0.1) is 11.3 Å². The van der Waals surface area contributed by atoms with Crippen molar-refractivity contribution >= 4 is 23.2 Å². The Balaban J connectivity index is 1.64. The van der Waals surface area contributed by atoms with E-state index in [2.05, 4.69) is 15.1 Å². The largest absolute Gasteiger partial charge is 0.383 e. The lowest BCUT2D eigenvalue weighted by atomic mass is 10.3. The first-order valence-electron chi connectivity index (χ1n) is 8.55. The molecule has 2 heterocycles. The summed E-state index contributed by atoms with van der Waals surface area (Å²) in [5.41, 5.74) is 0. The number of methoxy groups -OCH3 is 1. The van der Waals surface area contributed by atoms with Crippen LogP contribution in [0.4, 0.5) is 0 Å². The standard InChI is InChI=1S/C17H28N4O3S/c1-19(12-15-4-3-11-25-15)17(23)14-21-8-6-20(7-9-21)13-16(22)18-5-10-24-2/h3-4,11H,5-10,12-14H2,1-2H3,(H,18,22). The van der Waals surface area contributed by atoms with Crippen molar-refractivity contribution in [3.63, 3.8) is 0 Å². The van der Waals surface area contributed by atoms with E-state index in [0.29, 0.717) is 32.8 Å². The van der Waals surface area contributed by atoms with Crippen molar-refractivity contribution in [2.75, 3.05) is 66.6 Å². The van der Waals surface area contributed by atoms with Gasteiger partial charge in [-0.25, -0.2) is 0 Å². The van der Waals surface area contributed by atoms with Gasteiger partial charge < -0.3 is 15.0 Å². The van der Waals surface area contributed by atoms with Gasteiger partial charge in [-0.1, -0.05) is 6.07 Å².